The van der Waals surface area contributed by atoms with Crippen molar-refractivity contribution in [1.82, 2.24) is 5.32 Å². The first kappa shape index (κ1) is 23.9. The summed E-state index contributed by atoms with van der Waals surface area (Å²) in [7, 11) is 7.14. The summed E-state index contributed by atoms with van der Waals surface area (Å²) in [6, 6.07) is 16.1. The van der Waals surface area contributed by atoms with Gasteiger partial charge in [0, 0.05) is 44.6 Å². The summed E-state index contributed by atoms with van der Waals surface area (Å²) in [5, 5.41) is 6.62. The van der Waals surface area contributed by atoms with Gasteiger partial charge >= 0.3 is 0 Å². The van der Waals surface area contributed by atoms with Crippen LogP contribution in [0.25, 0.3) is 0 Å². The summed E-state index contributed by atoms with van der Waals surface area (Å²) in [5.74, 6) is 2.12. The van der Waals surface area contributed by atoms with Gasteiger partial charge in [0.2, 0.25) is 0 Å². The largest absolute Gasteiger partial charge is 0.493 e. The van der Waals surface area contributed by atoms with E-state index in [0.29, 0.717) is 11.5 Å². The van der Waals surface area contributed by atoms with Crippen LogP contribution in [-0.4, -0.2) is 47.4 Å². The van der Waals surface area contributed by atoms with E-state index in [9.17, 15) is 0 Å². The van der Waals surface area contributed by atoms with Gasteiger partial charge in [0.1, 0.15) is 0 Å². The molecule has 0 spiro atoms. The Balaban J connectivity index is 0.00000392. The van der Waals surface area contributed by atoms with Crippen LogP contribution in [0.1, 0.15) is 12.8 Å². The summed E-state index contributed by atoms with van der Waals surface area (Å²) in [4.78, 5) is 6.55. The summed E-state index contributed by atoms with van der Waals surface area (Å²) in [6.45, 7) is 1.88. The standard InChI is InChI=1S/C21H30N4O2.HI/c1-22-21(24-17-12-13-19(26-3)20(16-17)27-4)23-14-8-9-15-25(2)18-10-6-5-7-11-18;/h5-7,10-13,16H,8-9,14-15H2,1-4H3,(H2,22,23,24);1H. The molecule has 0 fully saturated rings. The second-order valence-electron chi connectivity index (χ2n) is 6.16. The third kappa shape index (κ3) is 7.46. The molecule has 0 atom stereocenters. The molecule has 0 aliphatic rings. The van der Waals surface area contributed by atoms with E-state index in [1.165, 1.54) is 5.69 Å². The molecule has 0 aromatic heterocycles. The molecule has 2 rings (SSSR count). The molecule has 2 aromatic carbocycles. The third-order valence-corrected chi connectivity index (χ3v) is 4.28. The van der Waals surface area contributed by atoms with Crippen LogP contribution >= 0.6 is 24.0 Å². The zero-order valence-electron chi connectivity index (χ0n) is 17.1. The van der Waals surface area contributed by atoms with E-state index in [0.717, 1.165) is 37.6 Å². The average Bonchev–Trinajstić information content (AvgIpc) is 2.72. The lowest BCUT2D eigenvalue weighted by Gasteiger charge is -2.19. The van der Waals surface area contributed by atoms with Crippen LogP contribution in [0.5, 0.6) is 11.5 Å². The fourth-order valence-electron chi connectivity index (χ4n) is 2.72. The average molecular weight is 498 g/mol. The molecule has 0 heterocycles. The van der Waals surface area contributed by atoms with Crippen molar-refractivity contribution < 1.29 is 9.47 Å². The van der Waals surface area contributed by atoms with Gasteiger partial charge in [-0.3, -0.25) is 4.99 Å². The summed E-state index contributed by atoms with van der Waals surface area (Å²) >= 11 is 0. The minimum Gasteiger partial charge on any atom is -0.493 e. The molecular weight excluding hydrogens is 467 g/mol. The summed E-state index contributed by atoms with van der Waals surface area (Å²) < 4.78 is 10.6. The Labute approximate surface area is 185 Å². The summed E-state index contributed by atoms with van der Waals surface area (Å²) in [6.07, 6.45) is 2.16. The highest BCUT2D eigenvalue weighted by Gasteiger charge is 2.06. The van der Waals surface area contributed by atoms with E-state index in [2.05, 4.69) is 51.8 Å². The van der Waals surface area contributed by atoms with Crippen LogP contribution in [0, 0.1) is 0 Å². The van der Waals surface area contributed by atoms with Crippen molar-refractivity contribution in [1.29, 1.82) is 0 Å². The maximum Gasteiger partial charge on any atom is 0.195 e. The maximum atomic E-state index is 5.33. The molecule has 6 nitrogen and oxygen atoms in total. The van der Waals surface area contributed by atoms with E-state index >= 15 is 0 Å². The number of ether oxygens (including phenoxy) is 2. The first-order valence-electron chi connectivity index (χ1n) is 9.13. The number of hydrogen-bond acceptors (Lipinski definition) is 4. The van der Waals surface area contributed by atoms with Crippen molar-refractivity contribution in [2.24, 2.45) is 4.99 Å². The quantitative estimate of drug-likeness (QED) is 0.235. The number of guanidine groups is 1. The molecule has 7 heteroatoms. The Hall–Kier alpha value is -2.16. The normalized spacial score (nSPS) is 10.6. The van der Waals surface area contributed by atoms with Crippen molar-refractivity contribution in [3.05, 3.63) is 48.5 Å². The van der Waals surface area contributed by atoms with E-state index in [4.69, 9.17) is 9.47 Å². The predicted octanol–water partition coefficient (Wildman–Crippen LogP) is 4.23. The Morgan fingerprint density at radius 3 is 2.36 bits per heavy atom. The fourth-order valence-corrected chi connectivity index (χ4v) is 2.72. The zero-order valence-corrected chi connectivity index (χ0v) is 19.4. The lowest BCUT2D eigenvalue weighted by molar-refractivity contribution is 0.355. The topological polar surface area (TPSA) is 58.1 Å². The van der Waals surface area contributed by atoms with E-state index in [1.54, 1.807) is 21.3 Å². The number of anilines is 2. The third-order valence-electron chi connectivity index (χ3n) is 4.28. The molecular formula is C21H31IN4O2. The Morgan fingerprint density at radius 2 is 1.71 bits per heavy atom. The van der Waals surface area contributed by atoms with Crippen LogP contribution in [-0.2, 0) is 0 Å². The first-order valence-corrected chi connectivity index (χ1v) is 9.13. The molecule has 0 radical (unpaired) electrons. The van der Waals surface area contributed by atoms with Crippen LogP contribution in [0.15, 0.2) is 53.5 Å². The van der Waals surface area contributed by atoms with E-state index in [-0.39, 0.29) is 24.0 Å². The SMILES string of the molecule is CN=C(NCCCCN(C)c1ccccc1)Nc1ccc(OC)c(OC)c1.I. The molecule has 2 aromatic rings. The van der Waals surface area contributed by atoms with Gasteiger partial charge in [0.05, 0.1) is 14.2 Å². The minimum atomic E-state index is 0. The molecule has 0 aliphatic carbocycles. The number of halogens is 1. The zero-order chi connectivity index (χ0) is 19.5. The number of nitrogens with one attached hydrogen (secondary N) is 2. The van der Waals surface area contributed by atoms with Crippen molar-refractivity contribution in [2.75, 3.05) is 51.6 Å². The van der Waals surface area contributed by atoms with Gasteiger partial charge in [-0.15, -0.1) is 24.0 Å². The molecule has 28 heavy (non-hydrogen) atoms. The number of para-hydroxylation sites is 1. The Bertz CT molecular complexity index is 726. The molecule has 0 saturated heterocycles. The minimum absolute atomic E-state index is 0. The predicted molar refractivity (Wildman–Crippen MR) is 129 cm³/mol. The molecule has 0 aliphatic heterocycles. The van der Waals surface area contributed by atoms with Crippen LogP contribution < -0.4 is 25.0 Å². The number of methoxy groups -OCH3 is 2. The highest BCUT2D eigenvalue weighted by Crippen LogP contribution is 2.29. The summed E-state index contributed by atoms with van der Waals surface area (Å²) in [5.41, 5.74) is 2.14. The van der Waals surface area contributed by atoms with Gasteiger partial charge in [-0.1, -0.05) is 18.2 Å². The van der Waals surface area contributed by atoms with Crippen molar-refractivity contribution >= 4 is 41.3 Å². The Kier molecular flexibility index (Phi) is 11.2. The van der Waals surface area contributed by atoms with Gasteiger partial charge in [-0.05, 0) is 37.1 Å². The number of aliphatic imine (C=N–C) groups is 1. The maximum absolute atomic E-state index is 5.33. The second-order valence-corrected chi connectivity index (χ2v) is 6.16. The monoisotopic (exact) mass is 498 g/mol. The van der Waals surface area contributed by atoms with Crippen molar-refractivity contribution in [2.45, 2.75) is 12.8 Å². The van der Waals surface area contributed by atoms with Crippen molar-refractivity contribution in [3.63, 3.8) is 0 Å². The van der Waals surface area contributed by atoms with Crippen LogP contribution in [0.2, 0.25) is 0 Å². The van der Waals surface area contributed by atoms with E-state index in [1.807, 2.05) is 24.3 Å². The van der Waals surface area contributed by atoms with Crippen molar-refractivity contribution in [3.8, 4) is 11.5 Å². The lowest BCUT2D eigenvalue weighted by atomic mass is 10.2. The van der Waals surface area contributed by atoms with Gasteiger partial charge in [-0.2, -0.15) is 0 Å². The van der Waals surface area contributed by atoms with Gasteiger partial charge in [0.15, 0.2) is 17.5 Å². The number of hydrogen-bond donors (Lipinski definition) is 2. The number of unbranched alkanes of at least 4 members (excludes halogenated alkanes) is 1. The lowest BCUT2D eigenvalue weighted by Crippen LogP contribution is -2.31. The van der Waals surface area contributed by atoms with Gasteiger partial charge in [0.25, 0.3) is 0 Å². The van der Waals surface area contributed by atoms with Gasteiger partial charge < -0.3 is 25.0 Å². The molecule has 0 unspecified atom stereocenters. The highest BCUT2D eigenvalue weighted by atomic mass is 127. The van der Waals surface area contributed by atoms with Crippen LogP contribution in [0.4, 0.5) is 11.4 Å². The number of rotatable bonds is 9. The van der Waals surface area contributed by atoms with Crippen LogP contribution in [0.3, 0.4) is 0 Å². The Morgan fingerprint density at radius 1 is 1.00 bits per heavy atom. The smallest absolute Gasteiger partial charge is 0.195 e. The molecule has 0 bridgehead atoms. The molecule has 0 saturated carbocycles. The number of nitrogens with zero attached hydrogens (tertiary/aromatic N) is 2. The fraction of sp³-hybridized carbons (Fsp3) is 0.381. The first-order chi connectivity index (χ1) is 13.2. The second kappa shape index (κ2) is 13.1. The molecule has 0 amide bonds. The molecule has 2 N–H and O–H groups in total. The highest BCUT2D eigenvalue weighted by molar-refractivity contribution is 14.0. The van der Waals surface area contributed by atoms with Gasteiger partial charge in [-0.25, -0.2) is 0 Å². The number of benzene rings is 2. The van der Waals surface area contributed by atoms with E-state index < -0.39 is 0 Å². The molecule has 154 valence electrons.